The molecule has 0 aliphatic heterocycles. The van der Waals surface area contributed by atoms with Gasteiger partial charge in [0.05, 0.1) is 0 Å². The van der Waals surface area contributed by atoms with E-state index in [0.29, 0.717) is 11.3 Å². The molecule has 5 aliphatic carbocycles. The summed E-state index contributed by atoms with van der Waals surface area (Å²) in [5.74, 6) is 2.75. The van der Waals surface area contributed by atoms with Crippen molar-refractivity contribution in [3.8, 4) is 0 Å². The van der Waals surface area contributed by atoms with Crippen LogP contribution in [0.1, 0.15) is 114 Å². The van der Waals surface area contributed by atoms with E-state index in [1.807, 2.05) is 0 Å². The van der Waals surface area contributed by atoms with Crippen LogP contribution in [0.5, 0.6) is 0 Å². The van der Waals surface area contributed by atoms with E-state index in [9.17, 15) is 4.79 Å². The van der Waals surface area contributed by atoms with Crippen LogP contribution in [-0.4, -0.2) is 12.1 Å². The molecule has 34 heavy (non-hydrogen) atoms. The molecule has 0 saturated heterocycles. The Morgan fingerprint density at radius 2 is 1.56 bits per heavy atom. The van der Waals surface area contributed by atoms with Crippen LogP contribution >= 0.6 is 0 Å². The van der Waals surface area contributed by atoms with Gasteiger partial charge in [-0.3, -0.25) is 4.79 Å². The summed E-state index contributed by atoms with van der Waals surface area (Å²) in [6.07, 6.45) is 15.4. The Morgan fingerprint density at radius 1 is 0.853 bits per heavy atom. The van der Waals surface area contributed by atoms with Gasteiger partial charge < -0.3 is 4.74 Å². The van der Waals surface area contributed by atoms with E-state index in [1.165, 1.54) is 38.5 Å². The average Bonchev–Trinajstić information content (AvgIpc) is 2.74. The Kier molecular flexibility index (Phi) is 5.42. The predicted octanol–water partition coefficient (Wildman–Crippen LogP) is 8.52. The lowest BCUT2D eigenvalue weighted by molar-refractivity contribution is -0.172. The van der Waals surface area contributed by atoms with E-state index in [1.54, 1.807) is 18.1 Å². The normalized spacial score (nSPS) is 51.6. The molecule has 0 heterocycles. The molecule has 0 radical (unpaired) electrons. The molecule has 0 aromatic carbocycles. The lowest BCUT2D eigenvalue weighted by Crippen LogP contribution is -2.61. The van der Waals surface area contributed by atoms with Crippen LogP contribution in [0.25, 0.3) is 0 Å². The van der Waals surface area contributed by atoms with Gasteiger partial charge in [-0.2, -0.15) is 0 Å². The van der Waals surface area contributed by atoms with E-state index in [4.69, 9.17) is 4.74 Å². The molecule has 5 aliphatic rings. The zero-order chi connectivity index (χ0) is 24.9. The van der Waals surface area contributed by atoms with Crippen molar-refractivity contribution in [2.75, 3.05) is 0 Å². The number of hydrogen-bond donors (Lipinski definition) is 0. The van der Waals surface area contributed by atoms with E-state index in [0.717, 1.165) is 30.6 Å². The quantitative estimate of drug-likeness (QED) is 0.362. The molecular weight excluding hydrogens is 416 g/mol. The van der Waals surface area contributed by atoms with Crippen molar-refractivity contribution >= 4 is 5.97 Å². The van der Waals surface area contributed by atoms with Crippen LogP contribution in [-0.2, 0) is 9.53 Å². The first-order valence-electron chi connectivity index (χ1n) is 14.3. The van der Waals surface area contributed by atoms with Gasteiger partial charge >= 0.3 is 5.97 Å². The summed E-state index contributed by atoms with van der Waals surface area (Å²) in [6, 6.07) is 0. The maximum atomic E-state index is 11.9. The number of fused-ring (bicyclic) bond motifs is 7. The minimum Gasteiger partial charge on any atom is -0.462 e. The molecule has 4 saturated carbocycles. The average molecular weight is 467 g/mol. The fraction of sp³-hybridized carbons (Fsp3) is 0.844. The van der Waals surface area contributed by atoms with Crippen LogP contribution in [0.4, 0.5) is 0 Å². The van der Waals surface area contributed by atoms with Crippen molar-refractivity contribution in [1.82, 2.24) is 0 Å². The summed E-state index contributed by atoms with van der Waals surface area (Å²) in [5, 5.41) is 0. The molecule has 2 nitrogen and oxygen atoms in total. The fourth-order valence-electron chi connectivity index (χ4n) is 10.5. The largest absolute Gasteiger partial charge is 0.462 e. The number of esters is 1. The highest BCUT2D eigenvalue weighted by molar-refractivity contribution is 5.66. The van der Waals surface area contributed by atoms with Crippen LogP contribution in [0.15, 0.2) is 23.3 Å². The molecule has 9 atom stereocenters. The van der Waals surface area contributed by atoms with E-state index in [-0.39, 0.29) is 33.7 Å². The number of carbonyl (C=O) groups excluding carboxylic acids is 1. The zero-order valence-corrected chi connectivity index (χ0v) is 23.5. The lowest BCUT2D eigenvalue weighted by Gasteiger charge is -2.69. The number of rotatable bonds is 1. The second-order valence-corrected chi connectivity index (χ2v) is 14.8. The van der Waals surface area contributed by atoms with Crippen LogP contribution in [0, 0.1) is 50.7 Å². The Bertz CT molecular complexity index is 941. The standard InChI is InChI=1S/C32H50O2/c1-20-12-15-29(6)18-19-31(8)23(27(29)21(20)2)10-11-25-30(7)16-14-26(34-22(3)33)28(4,5)24(30)13-17-32(25,31)9/h10-11,20-21,24,26-27H,12-19H2,1-9H3/t20-,21+,24+,26?,27+,29-,30+,31-,32-/m1/s1. The fourth-order valence-corrected chi connectivity index (χ4v) is 10.5. The topological polar surface area (TPSA) is 26.3 Å². The molecule has 5 rings (SSSR count). The second-order valence-electron chi connectivity index (χ2n) is 14.8. The summed E-state index contributed by atoms with van der Waals surface area (Å²) in [5.41, 5.74) is 4.67. The van der Waals surface area contributed by atoms with Crippen molar-refractivity contribution in [3.63, 3.8) is 0 Å². The van der Waals surface area contributed by atoms with Gasteiger partial charge in [-0.05, 0) is 96.7 Å². The molecule has 1 unspecified atom stereocenters. The molecule has 0 aromatic heterocycles. The summed E-state index contributed by atoms with van der Waals surface area (Å²) in [4.78, 5) is 11.9. The van der Waals surface area contributed by atoms with Gasteiger partial charge in [0.1, 0.15) is 6.10 Å². The molecule has 0 spiro atoms. The third kappa shape index (κ3) is 3.02. The number of carbonyl (C=O) groups is 1. The molecule has 2 heteroatoms. The minimum atomic E-state index is -0.125. The smallest absolute Gasteiger partial charge is 0.302 e. The van der Waals surface area contributed by atoms with E-state index >= 15 is 0 Å². The van der Waals surface area contributed by atoms with Gasteiger partial charge in [0, 0.05) is 12.3 Å². The monoisotopic (exact) mass is 466 g/mol. The number of allylic oxidation sites excluding steroid dienone is 4. The first-order valence-corrected chi connectivity index (χ1v) is 14.3. The molecule has 0 amide bonds. The number of hydrogen-bond acceptors (Lipinski definition) is 2. The summed E-state index contributed by atoms with van der Waals surface area (Å²) < 4.78 is 5.89. The molecule has 0 N–H and O–H groups in total. The van der Waals surface area contributed by atoms with Crippen LogP contribution in [0.3, 0.4) is 0 Å². The highest BCUT2D eigenvalue weighted by atomic mass is 16.5. The highest BCUT2D eigenvalue weighted by Gasteiger charge is 2.66. The number of ether oxygens (including phenoxy) is 1. The Morgan fingerprint density at radius 3 is 2.24 bits per heavy atom. The first kappa shape index (κ1) is 24.6. The second kappa shape index (κ2) is 7.48. The van der Waals surface area contributed by atoms with E-state index < -0.39 is 0 Å². The van der Waals surface area contributed by atoms with Crippen molar-refractivity contribution in [2.24, 2.45) is 50.7 Å². The third-order valence-electron chi connectivity index (χ3n) is 13.0. The molecule has 0 bridgehead atoms. The van der Waals surface area contributed by atoms with Gasteiger partial charge in [-0.25, -0.2) is 0 Å². The predicted molar refractivity (Wildman–Crippen MR) is 140 cm³/mol. The zero-order valence-electron chi connectivity index (χ0n) is 23.5. The summed E-state index contributed by atoms with van der Waals surface area (Å²) in [7, 11) is 0. The summed E-state index contributed by atoms with van der Waals surface area (Å²) >= 11 is 0. The molecule has 190 valence electrons. The molecule has 0 aromatic rings. The Labute approximate surface area is 209 Å². The van der Waals surface area contributed by atoms with Crippen LogP contribution in [0.2, 0.25) is 0 Å². The van der Waals surface area contributed by atoms with E-state index in [2.05, 4.69) is 67.5 Å². The van der Waals surface area contributed by atoms with Gasteiger partial charge in [-0.15, -0.1) is 0 Å². The van der Waals surface area contributed by atoms with Crippen molar-refractivity contribution in [3.05, 3.63) is 23.3 Å². The molecule has 4 fully saturated rings. The van der Waals surface area contributed by atoms with Crippen LogP contribution < -0.4 is 0 Å². The summed E-state index contributed by atoms with van der Waals surface area (Å²) in [6.45, 7) is 21.8. The first-order chi connectivity index (χ1) is 15.7. The highest BCUT2D eigenvalue weighted by Crippen LogP contribution is 2.74. The van der Waals surface area contributed by atoms with Gasteiger partial charge in [0.2, 0.25) is 0 Å². The SMILES string of the molecule is CC(=O)OC1CC[C@]2(C)C3=CC=C4[C@@H]5[C@@H](C)[C@H](C)CC[C@]5(C)CC[C@@]4(C)[C@]3(C)CC[C@H]2C1(C)C. The van der Waals surface area contributed by atoms with Gasteiger partial charge in [0.15, 0.2) is 0 Å². The van der Waals surface area contributed by atoms with Gasteiger partial charge in [0.25, 0.3) is 0 Å². The lowest BCUT2D eigenvalue weighted by atomic mass is 9.36. The third-order valence-corrected chi connectivity index (χ3v) is 13.0. The maximum absolute atomic E-state index is 11.9. The van der Waals surface area contributed by atoms with Gasteiger partial charge in [-0.1, -0.05) is 78.7 Å². The van der Waals surface area contributed by atoms with Crippen molar-refractivity contribution in [2.45, 2.75) is 120 Å². The van der Waals surface area contributed by atoms with Crippen molar-refractivity contribution < 1.29 is 9.53 Å². The Balaban J connectivity index is 1.59. The van der Waals surface area contributed by atoms with Crippen molar-refractivity contribution in [1.29, 1.82) is 0 Å². The maximum Gasteiger partial charge on any atom is 0.302 e. The minimum absolute atomic E-state index is 0.00416. The molecular formula is C32H50O2. The Hall–Kier alpha value is -1.05.